The number of nitrogens with zero attached hydrogens (tertiary/aromatic N) is 2. The zero-order chi connectivity index (χ0) is 17.9. The van der Waals surface area contributed by atoms with Gasteiger partial charge in [0, 0.05) is 5.92 Å². The normalized spacial score (nSPS) is 22.5. The molecule has 130 valence electrons. The number of allylic oxidation sites excluding steroid dienone is 1. The van der Waals surface area contributed by atoms with Crippen LogP contribution in [0.4, 0.5) is 5.69 Å². The van der Waals surface area contributed by atoms with E-state index in [1.54, 1.807) is 11.0 Å². The van der Waals surface area contributed by atoms with E-state index < -0.39 is 5.60 Å². The van der Waals surface area contributed by atoms with Gasteiger partial charge >= 0.3 is 0 Å². The Labute approximate surface area is 145 Å². The largest absolute Gasteiger partial charge is 0.456 e. The van der Waals surface area contributed by atoms with Crippen LogP contribution >= 0.6 is 0 Å². The second-order valence-corrected chi connectivity index (χ2v) is 7.26. The van der Waals surface area contributed by atoms with Crippen molar-refractivity contribution in [1.82, 2.24) is 4.90 Å². The highest BCUT2D eigenvalue weighted by molar-refractivity contribution is 5.98. The average Bonchev–Trinajstić information content (AvgIpc) is 2.78. The Balaban J connectivity index is 2.46. The topological polar surface area (TPSA) is 41.9 Å². The van der Waals surface area contributed by atoms with Gasteiger partial charge in [0.15, 0.2) is 0 Å². The van der Waals surface area contributed by atoms with Crippen LogP contribution in [0.25, 0.3) is 0 Å². The van der Waals surface area contributed by atoms with Crippen molar-refractivity contribution < 1.29 is 9.53 Å². The standard InChI is InChI=1S/C20H28N2O2/c1-7-11-15(4)18(23)22-17(14(2)3)20(5,6)24-19(22)21-16-12-9-8-10-13-16/h7-10,12-15,17H,1,11H2,2-6H3/t15-,17+/m1/s1. The molecule has 0 unspecified atom stereocenters. The Morgan fingerprint density at radius 3 is 2.50 bits per heavy atom. The zero-order valence-corrected chi connectivity index (χ0v) is 15.3. The SMILES string of the molecule is C=CC[C@@H](C)C(=O)N1C(=Nc2ccccc2)OC(C)(C)[C@@H]1C(C)C. The van der Waals surface area contributed by atoms with Crippen molar-refractivity contribution in [3.63, 3.8) is 0 Å². The molecule has 24 heavy (non-hydrogen) atoms. The van der Waals surface area contributed by atoms with Crippen molar-refractivity contribution in [2.24, 2.45) is 16.8 Å². The van der Waals surface area contributed by atoms with E-state index in [0.717, 1.165) is 5.69 Å². The van der Waals surface area contributed by atoms with Crippen molar-refractivity contribution in [1.29, 1.82) is 0 Å². The van der Waals surface area contributed by atoms with Crippen molar-refractivity contribution in [3.05, 3.63) is 43.0 Å². The average molecular weight is 328 g/mol. The quantitative estimate of drug-likeness (QED) is 0.744. The van der Waals surface area contributed by atoms with Crippen LogP contribution in [0.15, 0.2) is 48.0 Å². The molecule has 4 heteroatoms. The number of ether oxygens (including phenoxy) is 1. The predicted octanol–water partition coefficient (Wildman–Crippen LogP) is 4.55. The van der Waals surface area contributed by atoms with Gasteiger partial charge in [0.1, 0.15) is 5.60 Å². The van der Waals surface area contributed by atoms with Gasteiger partial charge in [0.25, 0.3) is 6.02 Å². The van der Waals surface area contributed by atoms with Crippen LogP contribution in [-0.2, 0) is 9.53 Å². The van der Waals surface area contributed by atoms with Gasteiger partial charge < -0.3 is 4.74 Å². The summed E-state index contributed by atoms with van der Waals surface area (Å²) in [6.45, 7) is 13.9. The van der Waals surface area contributed by atoms with Gasteiger partial charge in [-0.1, -0.05) is 45.0 Å². The molecule has 0 radical (unpaired) electrons. The first-order valence-electron chi connectivity index (χ1n) is 8.54. The summed E-state index contributed by atoms with van der Waals surface area (Å²) in [7, 11) is 0. The van der Waals surface area contributed by atoms with E-state index in [2.05, 4.69) is 25.4 Å². The number of hydrogen-bond acceptors (Lipinski definition) is 3. The summed E-state index contributed by atoms with van der Waals surface area (Å²) in [6, 6.07) is 9.93. The van der Waals surface area contributed by atoms with E-state index in [1.807, 2.05) is 51.1 Å². The van der Waals surface area contributed by atoms with Crippen molar-refractivity contribution >= 4 is 17.6 Å². The highest BCUT2D eigenvalue weighted by Gasteiger charge is 2.51. The van der Waals surface area contributed by atoms with Gasteiger partial charge in [0.2, 0.25) is 5.91 Å². The fraction of sp³-hybridized carbons (Fsp3) is 0.500. The van der Waals surface area contributed by atoms with Crippen molar-refractivity contribution in [2.45, 2.75) is 52.7 Å². The van der Waals surface area contributed by atoms with E-state index in [1.165, 1.54) is 0 Å². The van der Waals surface area contributed by atoms with E-state index >= 15 is 0 Å². The van der Waals surface area contributed by atoms with Crippen molar-refractivity contribution in [2.75, 3.05) is 0 Å². The fourth-order valence-corrected chi connectivity index (χ4v) is 3.38. The maximum atomic E-state index is 13.1. The fourth-order valence-electron chi connectivity index (χ4n) is 3.38. The maximum Gasteiger partial charge on any atom is 0.300 e. The second-order valence-electron chi connectivity index (χ2n) is 7.26. The number of amidine groups is 1. The molecule has 1 aliphatic heterocycles. The number of para-hydroxylation sites is 1. The van der Waals surface area contributed by atoms with Crippen LogP contribution in [0.1, 0.15) is 41.0 Å². The summed E-state index contributed by atoms with van der Waals surface area (Å²) in [5.41, 5.74) is 0.299. The maximum absolute atomic E-state index is 13.1. The molecule has 1 saturated heterocycles. The molecule has 2 atom stereocenters. The van der Waals surface area contributed by atoms with Gasteiger partial charge in [-0.2, -0.15) is 4.99 Å². The highest BCUT2D eigenvalue weighted by Crippen LogP contribution is 2.36. The van der Waals surface area contributed by atoms with Crippen LogP contribution in [-0.4, -0.2) is 28.5 Å². The van der Waals surface area contributed by atoms with Crippen LogP contribution in [0.2, 0.25) is 0 Å². The molecular formula is C20H28N2O2. The summed E-state index contributed by atoms with van der Waals surface area (Å²) >= 11 is 0. The van der Waals surface area contributed by atoms with Crippen LogP contribution in [0, 0.1) is 11.8 Å². The molecule has 1 heterocycles. The molecule has 0 aliphatic carbocycles. The summed E-state index contributed by atoms with van der Waals surface area (Å²) in [5.74, 6) is 0.138. The third-order valence-corrected chi connectivity index (χ3v) is 4.34. The minimum absolute atomic E-state index is 0.0360. The lowest BCUT2D eigenvalue weighted by molar-refractivity contribution is -0.133. The lowest BCUT2D eigenvalue weighted by Crippen LogP contribution is -2.49. The Morgan fingerprint density at radius 2 is 1.96 bits per heavy atom. The number of carbonyl (C=O) groups is 1. The first-order valence-corrected chi connectivity index (χ1v) is 8.54. The number of aliphatic imine (C=N–C) groups is 1. The van der Waals surface area contributed by atoms with Crippen LogP contribution < -0.4 is 0 Å². The first kappa shape index (κ1) is 18.2. The molecule has 1 amide bonds. The molecule has 1 aliphatic rings. The molecule has 0 N–H and O–H groups in total. The Kier molecular flexibility index (Phi) is 5.47. The van der Waals surface area contributed by atoms with E-state index in [9.17, 15) is 4.79 Å². The minimum atomic E-state index is -0.481. The third kappa shape index (κ3) is 3.69. The molecule has 0 aromatic heterocycles. The minimum Gasteiger partial charge on any atom is -0.456 e. The van der Waals surface area contributed by atoms with E-state index in [0.29, 0.717) is 12.4 Å². The van der Waals surface area contributed by atoms with Gasteiger partial charge in [-0.15, -0.1) is 6.58 Å². The molecule has 2 rings (SSSR count). The highest BCUT2D eigenvalue weighted by atomic mass is 16.5. The summed E-state index contributed by atoms with van der Waals surface area (Å²) < 4.78 is 6.12. The van der Waals surface area contributed by atoms with Gasteiger partial charge in [-0.3, -0.25) is 9.69 Å². The molecule has 4 nitrogen and oxygen atoms in total. The summed E-state index contributed by atoms with van der Waals surface area (Å²) in [6.07, 6.45) is 2.42. The van der Waals surface area contributed by atoms with Gasteiger partial charge in [0.05, 0.1) is 11.7 Å². The number of rotatable bonds is 5. The van der Waals surface area contributed by atoms with E-state index in [-0.39, 0.29) is 23.8 Å². The molecule has 1 aromatic rings. The number of carbonyl (C=O) groups excluding carboxylic acids is 1. The molecule has 1 fully saturated rings. The predicted molar refractivity (Wildman–Crippen MR) is 98.2 cm³/mol. The Morgan fingerprint density at radius 1 is 1.33 bits per heavy atom. The van der Waals surface area contributed by atoms with Gasteiger partial charge in [-0.05, 0) is 38.3 Å². The zero-order valence-electron chi connectivity index (χ0n) is 15.3. The second kappa shape index (κ2) is 7.20. The lowest BCUT2D eigenvalue weighted by Gasteiger charge is -2.32. The van der Waals surface area contributed by atoms with E-state index in [4.69, 9.17) is 4.74 Å². The van der Waals surface area contributed by atoms with Crippen LogP contribution in [0.3, 0.4) is 0 Å². The van der Waals surface area contributed by atoms with Gasteiger partial charge in [-0.25, -0.2) is 0 Å². The molecule has 0 saturated carbocycles. The summed E-state index contributed by atoms with van der Waals surface area (Å²) in [5, 5.41) is 0. The number of benzene rings is 1. The van der Waals surface area contributed by atoms with Crippen molar-refractivity contribution in [3.8, 4) is 0 Å². The molecule has 0 spiro atoms. The molecular weight excluding hydrogens is 300 g/mol. The number of hydrogen-bond donors (Lipinski definition) is 0. The first-order chi connectivity index (χ1) is 11.3. The lowest BCUT2D eigenvalue weighted by atomic mass is 9.88. The summed E-state index contributed by atoms with van der Waals surface area (Å²) in [4.78, 5) is 19.4. The number of amides is 1. The van der Waals surface area contributed by atoms with Crippen LogP contribution in [0.5, 0.6) is 0 Å². The molecule has 1 aromatic carbocycles. The molecule has 0 bridgehead atoms. The monoisotopic (exact) mass is 328 g/mol. The third-order valence-electron chi connectivity index (χ3n) is 4.34. The smallest absolute Gasteiger partial charge is 0.300 e. The Bertz CT molecular complexity index is 620. The Hall–Kier alpha value is -2.10.